The number of rotatable bonds is 3. The van der Waals surface area contributed by atoms with E-state index in [9.17, 15) is 22.8 Å². The molecule has 0 aliphatic carbocycles. The Morgan fingerprint density at radius 3 is 2.68 bits per heavy atom. The van der Waals surface area contributed by atoms with Crippen molar-refractivity contribution in [3.05, 3.63) is 34.2 Å². The second kappa shape index (κ2) is 7.26. The number of benzene rings is 1. The Kier molecular flexibility index (Phi) is 5.14. The Hall–Kier alpha value is -2.90. The average Bonchev–Trinajstić information content (AvgIpc) is 2.84. The van der Waals surface area contributed by atoms with Crippen molar-refractivity contribution in [2.24, 2.45) is 13.0 Å². The lowest BCUT2D eigenvalue weighted by Crippen LogP contribution is -2.44. The van der Waals surface area contributed by atoms with E-state index in [0.29, 0.717) is 16.6 Å². The van der Waals surface area contributed by atoms with Crippen LogP contribution in [-0.2, 0) is 26.8 Å². The van der Waals surface area contributed by atoms with Crippen LogP contribution in [0, 0.1) is 17.8 Å². The molecule has 0 bridgehead atoms. The number of hydrogen-bond donors (Lipinski definition) is 2. The van der Waals surface area contributed by atoms with Gasteiger partial charge in [-0.15, -0.1) is 0 Å². The van der Waals surface area contributed by atoms with Gasteiger partial charge >= 0.3 is 5.69 Å². The number of amides is 2. The molecule has 1 aromatic heterocycles. The number of carbonyl (C=O) groups is 2. The molecule has 1 aliphatic heterocycles. The second-order valence-corrected chi connectivity index (χ2v) is 8.27. The van der Waals surface area contributed by atoms with Crippen LogP contribution in [0.4, 0.5) is 0 Å². The maximum atomic E-state index is 12.8. The Labute approximate surface area is 161 Å². The zero-order valence-corrected chi connectivity index (χ0v) is 16.1. The van der Waals surface area contributed by atoms with Gasteiger partial charge in [0, 0.05) is 19.4 Å². The van der Waals surface area contributed by atoms with Crippen molar-refractivity contribution in [1.82, 2.24) is 14.5 Å². The molecule has 2 N–H and O–H groups in total. The third-order valence-electron chi connectivity index (χ3n) is 4.54. The molecule has 2 atom stereocenters. The highest BCUT2D eigenvalue weighted by Gasteiger charge is 2.31. The van der Waals surface area contributed by atoms with E-state index in [2.05, 4.69) is 17.2 Å². The first kappa shape index (κ1) is 19.9. The summed E-state index contributed by atoms with van der Waals surface area (Å²) in [6.45, 7) is 1.56. The molecule has 2 amide bonds. The van der Waals surface area contributed by atoms with Gasteiger partial charge in [0.05, 0.1) is 22.3 Å². The molecular weight excluding hydrogens is 386 g/mol. The first-order valence-corrected chi connectivity index (χ1v) is 10.2. The average molecular weight is 405 g/mol. The summed E-state index contributed by atoms with van der Waals surface area (Å²) in [7, 11) is -2.58. The minimum absolute atomic E-state index is 0.145. The van der Waals surface area contributed by atoms with Crippen molar-refractivity contribution >= 4 is 33.0 Å². The third-order valence-corrected chi connectivity index (χ3v) is 5.46. The number of nitrogens with one attached hydrogen (secondary N) is 1. The highest BCUT2D eigenvalue weighted by Crippen LogP contribution is 2.24. The Bertz CT molecular complexity index is 1200. The van der Waals surface area contributed by atoms with E-state index in [4.69, 9.17) is 4.55 Å². The Morgan fingerprint density at radius 1 is 1.32 bits per heavy atom. The zero-order chi connectivity index (χ0) is 20.6. The van der Waals surface area contributed by atoms with E-state index in [1.165, 1.54) is 9.13 Å². The second-order valence-electron chi connectivity index (χ2n) is 6.77. The largest absolute Gasteiger partial charge is 0.329 e. The number of aromatic nitrogens is 2. The minimum atomic E-state index is -4.14. The van der Waals surface area contributed by atoms with E-state index in [0.717, 1.165) is 0 Å². The lowest BCUT2D eigenvalue weighted by molar-refractivity contribution is -0.135. The number of nitrogens with zero attached hydrogens (tertiary/aromatic N) is 2. The highest BCUT2D eigenvalue weighted by molar-refractivity contribution is 7.85. The van der Waals surface area contributed by atoms with Crippen LogP contribution in [-0.4, -0.2) is 39.7 Å². The van der Waals surface area contributed by atoms with E-state index < -0.39 is 39.4 Å². The summed E-state index contributed by atoms with van der Waals surface area (Å²) >= 11 is 0. The monoisotopic (exact) mass is 405 g/mol. The predicted molar refractivity (Wildman–Crippen MR) is 101 cm³/mol. The molecule has 3 rings (SSSR count). The van der Waals surface area contributed by atoms with Crippen molar-refractivity contribution < 1.29 is 22.6 Å². The van der Waals surface area contributed by atoms with Gasteiger partial charge < -0.3 is 0 Å². The van der Waals surface area contributed by atoms with Crippen molar-refractivity contribution in [1.29, 1.82) is 0 Å². The number of imidazole rings is 1. The molecule has 1 saturated heterocycles. The number of carbonyl (C=O) groups excluding carboxylic acids is 2. The topological polar surface area (TPSA) is 127 Å². The number of aryl methyl sites for hydroxylation is 1. The molecule has 148 valence electrons. The summed E-state index contributed by atoms with van der Waals surface area (Å²) in [6.07, 6.45) is 0.372. The van der Waals surface area contributed by atoms with Gasteiger partial charge in [0.1, 0.15) is 6.04 Å². The number of imide groups is 1. The number of hydrogen-bond acceptors (Lipinski definition) is 5. The summed E-state index contributed by atoms with van der Waals surface area (Å²) in [5.41, 5.74) is 1.08. The molecule has 9 nitrogen and oxygen atoms in total. The van der Waals surface area contributed by atoms with Gasteiger partial charge in [-0.2, -0.15) is 8.42 Å². The fourth-order valence-corrected chi connectivity index (χ4v) is 4.04. The van der Waals surface area contributed by atoms with Crippen molar-refractivity contribution in [3.63, 3.8) is 0 Å². The quantitative estimate of drug-likeness (QED) is 0.426. The molecule has 10 heteroatoms. The lowest BCUT2D eigenvalue weighted by atomic mass is 10.1. The molecular formula is C18H19N3O6S. The zero-order valence-electron chi connectivity index (χ0n) is 15.3. The fraction of sp³-hybridized carbons (Fsp3) is 0.389. The van der Waals surface area contributed by atoms with Crippen molar-refractivity contribution in [2.75, 3.05) is 5.75 Å². The first-order valence-electron chi connectivity index (χ1n) is 8.59. The van der Waals surface area contributed by atoms with Gasteiger partial charge in [-0.05, 0) is 18.6 Å². The molecule has 2 unspecified atom stereocenters. The summed E-state index contributed by atoms with van der Waals surface area (Å²) in [4.78, 5) is 36.4. The first-order chi connectivity index (χ1) is 13.1. The normalized spacial score (nSPS) is 18.5. The number of para-hydroxylation sites is 1. The van der Waals surface area contributed by atoms with Gasteiger partial charge in [-0.3, -0.25) is 28.6 Å². The smallest absolute Gasteiger partial charge is 0.295 e. The fourth-order valence-electron chi connectivity index (χ4n) is 3.33. The van der Waals surface area contributed by atoms with Crippen LogP contribution in [0.25, 0.3) is 11.0 Å². The van der Waals surface area contributed by atoms with Gasteiger partial charge in [-0.1, -0.05) is 24.8 Å². The third kappa shape index (κ3) is 3.85. The van der Waals surface area contributed by atoms with Crippen LogP contribution in [0.3, 0.4) is 0 Å². The molecule has 1 aliphatic rings. The van der Waals surface area contributed by atoms with Crippen LogP contribution in [0.15, 0.2) is 23.0 Å². The Morgan fingerprint density at radius 2 is 2.04 bits per heavy atom. The molecule has 2 aromatic rings. The van der Waals surface area contributed by atoms with Crippen LogP contribution >= 0.6 is 0 Å². The van der Waals surface area contributed by atoms with Gasteiger partial charge in [0.2, 0.25) is 11.8 Å². The molecule has 1 fully saturated rings. The predicted octanol–water partition coefficient (Wildman–Crippen LogP) is 0.193. The van der Waals surface area contributed by atoms with Crippen LogP contribution < -0.4 is 11.0 Å². The molecule has 28 heavy (non-hydrogen) atoms. The van der Waals surface area contributed by atoms with Gasteiger partial charge in [0.15, 0.2) is 0 Å². The van der Waals surface area contributed by atoms with Gasteiger partial charge in [-0.25, -0.2) is 4.79 Å². The van der Waals surface area contributed by atoms with Crippen LogP contribution in [0.5, 0.6) is 0 Å². The molecule has 1 aromatic carbocycles. The number of fused-ring (bicyclic) bond motifs is 1. The van der Waals surface area contributed by atoms with Gasteiger partial charge in [0.25, 0.3) is 10.1 Å². The maximum absolute atomic E-state index is 12.8. The van der Waals surface area contributed by atoms with E-state index in [1.54, 1.807) is 32.2 Å². The standard InChI is InChI=1S/C18H19N3O6S/c1-11(10-28(25,26)27)6-7-12-4-3-5-13-16(12)20(2)18(24)21(13)14-8-9-15(22)19-17(14)23/h3-5,11,14H,8-10H2,1-2H3,(H,19,22,23)(H,25,26,27). The summed E-state index contributed by atoms with van der Waals surface area (Å²) in [5, 5.41) is 2.25. The summed E-state index contributed by atoms with van der Waals surface area (Å²) < 4.78 is 33.6. The summed E-state index contributed by atoms with van der Waals surface area (Å²) in [5.74, 6) is 3.62. The van der Waals surface area contributed by atoms with Crippen molar-refractivity contribution in [3.8, 4) is 11.8 Å². The molecule has 0 saturated carbocycles. The van der Waals surface area contributed by atoms with E-state index >= 15 is 0 Å². The van der Waals surface area contributed by atoms with Crippen LogP contribution in [0.2, 0.25) is 0 Å². The maximum Gasteiger partial charge on any atom is 0.329 e. The Balaban J connectivity index is 2.09. The number of piperidine rings is 1. The van der Waals surface area contributed by atoms with Crippen molar-refractivity contribution in [2.45, 2.75) is 25.8 Å². The van der Waals surface area contributed by atoms with E-state index in [1.807, 2.05) is 0 Å². The van der Waals surface area contributed by atoms with E-state index in [-0.39, 0.29) is 18.7 Å². The lowest BCUT2D eigenvalue weighted by Gasteiger charge is -2.21. The molecule has 0 radical (unpaired) electrons. The SMILES string of the molecule is CC(C#Cc1cccc2c1n(C)c(=O)n2C1CCC(=O)NC1=O)CS(=O)(=O)O. The summed E-state index contributed by atoms with van der Waals surface area (Å²) in [6, 6.07) is 4.26. The highest BCUT2D eigenvalue weighted by atomic mass is 32.2. The van der Waals surface area contributed by atoms with Crippen LogP contribution in [0.1, 0.15) is 31.4 Å². The minimum Gasteiger partial charge on any atom is -0.295 e. The molecule has 2 heterocycles. The molecule has 0 spiro atoms.